The molecule has 1 heterocycles. The molecule has 4 heteroatoms. The van der Waals surface area contributed by atoms with E-state index in [1.54, 1.807) is 0 Å². The first-order valence-electron chi connectivity index (χ1n) is 6.68. The van der Waals surface area contributed by atoms with Crippen molar-refractivity contribution >= 4 is 25.4 Å². The van der Waals surface area contributed by atoms with Crippen LogP contribution in [0.2, 0.25) is 0 Å². The summed E-state index contributed by atoms with van der Waals surface area (Å²) in [7, 11) is 0. The summed E-state index contributed by atoms with van der Waals surface area (Å²) in [5.41, 5.74) is 7.56. The number of benzene rings is 2. The Morgan fingerprint density at radius 2 is 1.81 bits per heavy atom. The zero-order valence-electron chi connectivity index (χ0n) is 11.7. The van der Waals surface area contributed by atoms with Crippen molar-refractivity contribution in [3.63, 3.8) is 0 Å². The summed E-state index contributed by atoms with van der Waals surface area (Å²) in [6.45, 7) is 2.09. The van der Waals surface area contributed by atoms with Crippen LogP contribution < -0.4 is 5.43 Å². The van der Waals surface area contributed by atoms with Crippen molar-refractivity contribution in [2.24, 2.45) is 5.10 Å². The van der Waals surface area contributed by atoms with Crippen molar-refractivity contribution in [1.29, 1.82) is 0 Å². The van der Waals surface area contributed by atoms with Crippen molar-refractivity contribution in [2.45, 2.75) is 6.92 Å². The minimum absolute atomic E-state index is 0.217. The molecule has 3 nitrogen and oxygen atoms in total. The maximum atomic E-state index is 4.60. The van der Waals surface area contributed by atoms with Gasteiger partial charge >= 0.3 is 130 Å². The molecule has 0 aliphatic rings. The number of hydrazone groups is 1. The Morgan fingerprint density at radius 3 is 2.57 bits per heavy atom. The molecule has 0 amide bonds. The SMILES string of the molecule is Cc1ccc(-c2c[se]c(N/N=C\c3ccccc3)n2)cc1. The fraction of sp³-hybridized carbons (Fsp3) is 0.0588. The van der Waals surface area contributed by atoms with Crippen molar-refractivity contribution in [3.05, 3.63) is 70.7 Å². The third kappa shape index (κ3) is 3.69. The summed E-state index contributed by atoms with van der Waals surface area (Å²) in [6, 6.07) is 18.5. The number of nitrogens with one attached hydrogen (secondary N) is 1. The molecular weight excluding hydrogens is 325 g/mol. The first kappa shape index (κ1) is 13.8. The van der Waals surface area contributed by atoms with Gasteiger partial charge in [-0.2, -0.15) is 0 Å². The van der Waals surface area contributed by atoms with Gasteiger partial charge in [-0.3, -0.25) is 0 Å². The summed E-state index contributed by atoms with van der Waals surface area (Å²) in [6.07, 6.45) is 1.81. The Morgan fingerprint density at radius 1 is 1.05 bits per heavy atom. The van der Waals surface area contributed by atoms with Gasteiger partial charge in [0.2, 0.25) is 0 Å². The molecule has 2 aromatic carbocycles. The number of rotatable bonds is 4. The van der Waals surface area contributed by atoms with Crippen molar-refractivity contribution in [3.8, 4) is 11.3 Å². The average molecular weight is 340 g/mol. The van der Waals surface area contributed by atoms with Gasteiger partial charge in [0, 0.05) is 0 Å². The third-order valence-electron chi connectivity index (χ3n) is 3.02. The molecule has 0 atom stereocenters. The first-order valence-corrected chi connectivity index (χ1v) is 8.52. The van der Waals surface area contributed by atoms with Crippen LogP contribution in [-0.2, 0) is 0 Å². The van der Waals surface area contributed by atoms with Crippen molar-refractivity contribution < 1.29 is 0 Å². The summed E-state index contributed by atoms with van der Waals surface area (Å²) < 4.78 is 0.935. The molecule has 21 heavy (non-hydrogen) atoms. The standard InChI is InChI=1S/C17H15N3Se/c1-13-7-9-15(10-8-13)16-12-21-17(19-16)20-18-11-14-5-3-2-4-6-14/h2-12H,1H3,(H,19,20)/b18-11-. The third-order valence-corrected chi connectivity index (χ3v) is 4.59. The van der Waals surface area contributed by atoms with Gasteiger partial charge in [-0.1, -0.05) is 0 Å². The summed E-state index contributed by atoms with van der Waals surface area (Å²) >= 11 is 0.217. The number of hydrogen-bond donors (Lipinski definition) is 1. The molecule has 3 aromatic rings. The predicted molar refractivity (Wildman–Crippen MR) is 89.0 cm³/mol. The fourth-order valence-electron chi connectivity index (χ4n) is 1.88. The molecule has 0 unspecified atom stereocenters. The van der Waals surface area contributed by atoms with E-state index in [9.17, 15) is 0 Å². The van der Waals surface area contributed by atoms with Gasteiger partial charge in [0.15, 0.2) is 0 Å². The second-order valence-electron chi connectivity index (χ2n) is 4.68. The van der Waals surface area contributed by atoms with E-state index in [4.69, 9.17) is 0 Å². The topological polar surface area (TPSA) is 37.3 Å². The summed E-state index contributed by atoms with van der Waals surface area (Å²) in [5, 5.41) is 4.24. The fourth-order valence-corrected chi connectivity index (χ4v) is 3.29. The quantitative estimate of drug-likeness (QED) is 0.448. The Labute approximate surface area is 130 Å². The molecule has 0 fully saturated rings. The van der Waals surface area contributed by atoms with Crippen LogP contribution in [0.5, 0.6) is 0 Å². The first-order chi connectivity index (χ1) is 10.3. The van der Waals surface area contributed by atoms with Crippen LogP contribution in [0, 0.1) is 6.92 Å². The zero-order valence-corrected chi connectivity index (χ0v) is 13.4. The maximum absolute atomic E-state index is 4.60. The van der Waals surface area contributed by atoms with Crippen molar-refractivity contribution in [2.75, 3.05) is 5.43 Å². The van der Waals surface area contributed by atoms with Gasteiger partial charge in [-0.05, 0) is 0 Å². The molecule has 3 rings (SSSR count). The number of aromatic nitrogens is 1. The molecule has 0 radical (unpaired) electrons. The van der Waals surface area contributed by atoms with Crippen LogP contribution >= 0.6 is 0 Å². The van der Waals surface area contributed by atoms with E-state index in [0.29, 0.717) is 0 Å². The van der Waals surface area contributed by atoms with Gasteiger partial charge < -0.3 is 0 Å². The van der Waals surface area contributed by atoms with E-state index < -0.39 is 0 Å². The number of hydrogen-bond acceptors (Lipinski definition) is 3. The van der Waals surface area contributed by atoms with Crippen LogP contribution in [0.15, 0.2) is 64.6 Å². The van der Waals surface area contributed by atoms with Gasteiger partial charge in [0.25, 0.3) is 0 Å². The molecule has 104 valence electrons. The van der Waals surface area contributed by atoms with E-state index in [2.05, 4.69) is 51.6 Å². The van der Waals surface area contributed by atoms with E-state index in [-0.39, 0.29) is 14.5 Å². The molecule has 0 bridgehead atoms. The normalized spacial score (nSPS) is 10.9. The van der Waals surface area contributed by atoms with Crippen LogP contribution in [0.3, 0.4) is 0 Å². The number of anilines is 1. The van der Waals surface area contributed by atoms with E-state index >= 15 is 0 Å². The van der Waals surface area contributed by atoms with Crippen molar-refractivity contribution in [1.82, 2.24) is 4.98 Å². The van der Waals surface area contributed by atoms with E-state index in [1.165, 1.54) is 5.56 Å². The zero-order chi connectivity index (χ0) is 14.5. The predicted octanol–water partition coefficient (Wildman–Crippen LogP) is 3.56. The van der Waals surface area contributed by atoms with Crippen LogP contribution in [0.1, 0.15) is 11.1 Å². The average Bonchev–Trinajstić information content (AvgIpc) is 2.98. The van der Waals surface area contributed by atoms with Gasteiger partial charge in [-0.25, -0.2) is 0 Å². The summed E-state index contributed by atoms with van der Waals surface area (Å²) in [4.78, 5) is 6.78. The Bertz CT molecular complexity index is 730. The van der Waals surface area contributed by atoms with Crippen LogP contribution in [0.25, 0.3) is 11.3 Å². The summed E-state index contributed by atoms with van der Waals surface area (Å²) in [5.74, 6) is 0. The second kappa shape index (κ2) is 6.53. The van der Waals surface area contributed by atoms with Crippen LogP contribution in [-0.4, -0.2) is 25.7 Å². The number of nitrogens with zero attached hydrogens (tertiary/aromatic N) is 2. The minimum atomic E-state index is 0.217. The molecule has 1 aromatic heterocycles. The Hall–Kier alpha value is -2.16. The second-order valence-corrected chi connectivity index (χ2v) is 6.48. The number of aryl methyl sites for hydroxylation is 1. The molecule has 0 spiro atoms. The molecule has 0 aliphatic heterocycles. The van der Waals surface area contributed by atoms with Gasteiger partial charge in [-0.15, -0.1) is 0 Å². The van der Waals surface area contributed by atoms with Crippen LogP contribution in [0.4, 0.5) is 4.69 Å². The molecule has 0 saturated heterocycles. The van der Waals surface area contributed by atoms with E-state index in [1.807, 2.05) is 36.5 Å². The van der Waals surface area contributed by atoms with Gasteiger partial charge in [0.05, 0.1) is 0 Å². The Balaban J connectivity index is 1.68. The molecular formula is C17H15N3Se. The molecule has 0 saturated carbocycles. The molecule has 0 aliphatic carbocycles. The van der Waals surface area contributed by atoms with Gasteiger partial charge in [0.1, 0.15) is 0 Å². The Kier molecular flexibility index (Phi) is 4.29. The van der Waals surface area contributed by atoms with E-state index in [0.717, 1.165) is 21.5 Å². The molecule has 1 N–H and O–H groups in total. The monoisotopic (exact) mass is 341 g/mol.